The first-order valence-electron chi connectivity index (χ1n) is 10.0. The smallest absolute Gasteiger partial charge is 0.263 e. The number of rotatable bonds is 6. The van der Waals surface area contributed by atoms with Crippen LogP contribution in [0.2, 0.25) is 0 Å². The predicted octanol–water partition coefficient (Wildman–Crippen LogP) is 2.71. The lowest BCUT2D eigenvalue weighted by molar-refractivity contribution is -0.121. The molecule has 3 aromatic rings. The average molecular weight is 411 g/mol. The zero-order valence-electron chi connectivity index (χ0n) is 16.9. The van der Waals surface area contributed by atoms with Crippen LogP contribution in [0.15, 0.2) is 35.1 Å². The summed E-state index contributed by atoms with van der Waals surface area (Å²) in [6.45, 7) is 0.947. The van der Waals surface area contributed by atoms with Gasteiger partial charge in [0.15, 0.2) is 0 Å². The molecule has 0 saturated carbocycles. The van der Waals surface area contributed by atoms with E-state index < -0.39 is 0 Å². The number of aromatic nitrogens is 2. The molecule has 29 heavy (non-hydrogen) atoms. The molecule has 6 nitrogen and oxygen atoms in total. The average Bonchev–Trinajstić information content (AvgIpc) is 3.08. The van der Waals surface area contributed by atoms with E-state index in [0.29, 0.717) is 18.9 Å². The highest BCUT2D eigenvalue weighted by Gasteiger charge is 2.23. The van der Waals surface area contributed by atoms with Crippen molar-refractivity contribution in [3.05, 3.63) is 62.5 Å². The third kappa shape index (κ3) is 4.26. The number of nitrogens with zero attached hydrogens (tertiary/aromatic N) is 3. The summed E-state index contributed by atoms with van der Waals surface area (Å²) >= 11 is 1.65. The second-order valence-electron chi connectivity index (χ2n) is 7.81. The third-order valence-corrected chi connectivity index (χ3v) is 6.43. The number of thiophene rings is 1. The van der Waals surface area contributed by atoms with Gasteiger partial charge in [0, 0.05) is 11.4 Å². The molecular formula is C22H26N4O2S. The fourth-order valence-corrected chi connectivity index (χ4v) is 5.11. The third-order valence-electron chi connectivity index (χ3n) is 5.25. The van der Waals surface area contributed by atoms with Crippen molar-refractivity contribution >= 4 is 27.5 Å². The molecule has 0 unspecified atom stereocenters. The van der Waals surface area contributed by atoms with E-state index in [9.17, 15) is 9.59 Å². The summed E-state index contributed by atoms with van der Waals surface area (Å²) in [5.74, 6) is 0.460. The number of aryl methyl sites for hydroxylation is 2. The van der Waals surface area contributed by atoms with Crippen LogP contribution in [0.1, 0.15) is 34.7 Å². The van der Waals surface area contributed by atoms with Crippen molar-refractivity contribution in [1.82, 2.24) is 19.8 Å². The summed E-state index contributed by atoms with van der Waals surface area (Å²) in [7, 11) is 3.88. The Hall–Kier alpha value is -2.51. The van der Waals surface area contributed by atoms with Crippen LogP contribution in [0.3, 0.4) is 0 Å². The van der Waals surface area contributed by atoms with Crippen LogP contribution in [-0.4, -0.2) is 34.5 Å². The Balaban J connectivity index is 1.66. The van der Waals surface area contributed by atoms with Crippen molar-refractivity contribution in [3.63, 3.8) is 0 Å². The van der Waals surface area contributed by atoms with E-state index in [1.807, 2.05) is 49.3 Å². The SMILES string of the molecule is CN(C)Cc1nc2sc3c(c2c(=O)n1CC(=O)NCc1ccccc1)CCCC3. The van der Waals surface area contributed by atoms with Gasteiger partial charge in [-0.2, -0.15) is 0 Å². The molecule has 4 rings (SSSR count). The largest absolute Gasteiger partial charge is 0.350 e. The molecule has 0 atom stereocenters. The van der Waals surface area contributed by atoms with E-state index in [1.54, 1.807) is 15.9 Å². The lowest BCUT2D eigenvalue weighted by Crippen LogP contribution is -2.35. The molecule has 1 aliphatic rings. The minimum atomic E-state index is -0.179. The first-order valence-corrected chi connectivity index (χ1v) is 10.8. The highest BCUT2D eigenvalue weighted by molar-refractivity contribution is 7.18. The molecule has 1 amide bonds. The van der Waals surface area contributed by atoms with E-state index in [4.69, 9.17) is 4.98 Å². The van der Waals surface area contributed by atoms with E-state index in [0.717, 1.165) is 40.6 Å². The summed E-state index contributed by atoms with van der Waals surface area (Å²) in [4.78, 5) is 34.9. The van der Waals surface area contributed by atoms with Crippen LogP contribution in [0, 0.1) is 0 Å². The van der Waals surface area contributed by atoms with Crippen LogP contribution in [0.5, 0.6) is 0 Å². The van der Waals surface area contributed by atoms with E-state index in [-0.39, 0.29) is 18.0 Å². The number of nitrogens with one attached hydrogen (secondary N) is 1. The Morgan fingerprint density at radius 2 is 1.97 bits per heavy atom. The molecule has 1 aliphatic carbocycles. The molecule has 0 saturated heterocycles. The Morgan fingerprint density at radius 3 is 2.72 bits per heavy atom. The lowest BCUT2D eigenvalue weighted by atomic mass is 9.97. The zero-order chi connectivity index (χ0) is 20.4. The standard InChI is InChI=1S/C22H26N4O2S/c1-25(2)13-18-24-21-20(16-10-6-7-11-17(16)29-21)22(28)26(18)14-19(27)23-12-15-8-4-3-5-9-15/h3-5,8-9H,6-7,10-14H2,1-2H3,(H,23,27). The van der Waals surface area contributed by atoms with Gasteiger partial charge in [-0.25, -0.2) is 4.98 Å². The molecule has 0 fully saturated rings. The number of hydrogen-bond donors (Lipinski definition) is 1. The molecule has 1 aromatic carbocycles. The quantitative estimate of drug-likeness (QED) is 0.679. The van der Waals surface area contributed by atoms with Gasteiger partial charge in [0.1, 0.15) is 17.2 Å². The number of benzene rings is 1. The maximum atomic E-state index is 13.4. The van der Waals surface area contributed by atoms with Crippen LogP contribution in [-0.2, 0) is 37.3 Å². The molecule has 0 radical (unpaired) electrons. The minimum absolute atomic E-state index is 0.0115. The normalized spacial score (nSPS) is 13.6. The minimum Gasteiger partial charge on any atom is -0.350 e. The predicted molar refractivity (Wildman–Crippen MR) is 116 cm³/mol. The number of amides is 1. The van der Waals surface area contributed by atoms with Gasteiger partial charge in [-0.1, -0.05) is 30.3 Å². The summed E-state index contributed by atoms with van der Waals surface area (Å²) in [5, 5.41) is 3.65. The second-order valence-corrected chi connectivity index (χ2v) is 8.89. The first kappa shape index (κ1) is 19.8. The van der Waals surface area contributed by atoms with Crippen LogP contribution in [0.25, 0.3) is 10.2 Å². The molecule has 0 spiro atoms. The van der Waals surface area contributed by atoms with E-state index >= 15 is 0 Å². The lowest BCUT2D eigenvalue weighted by Gasteiger charge is -2.16. The monoisotopic (exact) mass is 410 g/mol. The summed E-state index contributed by atoms with van der Waals surface area (Å²) in [5.41, 5.74) is 2.10. The van der Waals surface area contributed by atoms with Gasteiger partial charge in [-0.15, -0.1) is 11.3 Å². The fraction of sp³-hybridized carbons (Fsp3) is 0.409. The molecule has 0 aliphatic heterocycles. The van der Waals surface area contributed by atoms with Crippen LogP contribution in [0.4, 0.5) is 0 Å². The van der Waals surface area contributed by atoms with Crippen molar-refractivity contribution in [3.8, 4) is 0 Å². The maximum Gasteiger partial charge on any atom is 0.263 e. The van der Waals surface area contributed by atoms with Crippen molar-refractivity contribution in [2.45, 2.75) is 45.3 Å². The number of hydrogen-bond acceptors (Lipinski definition) is 5. The Bertz CT molecular complexity index is 1090. The molecular weight excluding hydrogens is 384 g/mol. The molecule has 2 heterocycles. The molecule has 1 N–H and O–H groups in total. The van der Waals surface area contributed by atoms with Crippen LogP contribution >= 0.6 is 11.3 Å². The van der Waals surface area contributed by atoms with E-state index in [2.05, 4.69) is 5.32 Å². The number of fused-ring (bicyclic) bond motifs is 3. The van der Waals surface area contributed by atoms with Gasteiger partial charge in [-0.05, 0) is 50.9 Å². The number of carbonyl (C=O) groups excluding carboxylic acids is 1. The van der Waals surface area contributed by atoms with Gasteiger partial charge in [-0.3, -0.25) is 14.2 Å². The van der Waals surface area contributed by atoms with Crippen molar-refractivity contribution in [2.24, 2.45) is 0 Å². The highest BCUT2D eigenvalue weighted by atomic mass is 32.1. The van der Waals surface area contributed by atoms with Crippen molar-refractivity contribution < 1.29 is 4.79 Å². The molecule has 152 valence electrons. The van der Waals surface area contributed by atoms with Crippen molar-refractivity contribution in [2.75, 3.05) is 14.1 Å². The fourth-order valence-electron chi connectivity index (χ4n) is 3.84. The van der Waals surface area contributed by atoms with E-state index in [1.165, 1.54) is 11.3 Å². The second kappa shape index (κ2) is 8.47. The summed E-state index contributed by atoms with van der Waals surface area (Å²) < 4.78 is 1.56. The summed E-state index contributed by atoms with van der Waals surface area (Å²) in [6, 6.07) is 9.77. The molecule has 7 heteroatoms. The zero-order valence-corrected chi connectivity index (χ0v) is 17.7. The van der Waals surface area contributed by atoms with Gasteiger partial charge in [0.25, 0.3) is 5.56 Å². The first-order chi connectivity index (χ1) is 14.0. The Morgan fingerprint density at radius 1 is 1.21 bits per heavy atom. The molecule has 2 aromatic heterocycles. The van der Waals surface area contributed by atoms with Crippen LogP contribution < -0.4 is 10.9 Å². The van der Waals surface area contributed by atoms with Gasteiger partial charge >= 0.3 is 0 Å². The highest BCUT2D eigenvalue weighted by Crippen LogP contribution is 2.33. The summed E-state index contributed by atoms with van der Waals surface area (Å²) in [6.07, 6.45) is 4.23. The van der Waals surface area contributed by atoms with Gasteiger partial charge in [0.2, 0.25) is 5.91 Å². The Labute approximate surface area is 174 Å². The topological polar surface area (TPSA) is 67.2 Å². The van der Waals surface area contributed by atoms with Crippen molar-refractivity contribution in [1.29, 1.82) is 0 Å². The number of carbonyl (C=O) groups is 1. The van der Waals surface area contributed by atoms with Gasteiger partial charge < -0.3 is 10.2 Å². The Kier molecular flexibility index (Phi) is 5.78. The molecule has 0 bridgehead atoms. The van der Waals surface area contributed by atoms with Gasteiger partial charge in [0.05, 0.1) is 11.9 Å². The maximum absolute atomic E-state index is 13.4.